The molecule has 1 aromatic heterocycles. The first-order valence-corrected chi connectivity index (χ1v) is 10.1. The first-order valence-electron chi connectivity index (χ1n) is 10.1. The number of anilines is 1. The smallest absolute Gasteiger partial charge is 0.349 e. The first-order chi connectivity index (χ1) is 15.4. The number of hydrogen-bond donors (Lipinski definition) is 0. The van der Waals surface area contributed by atoms with Crippen LogP contribution in [0.1, 0.15) is 23.4 Å². The van der Waals surface area contributed by atoms with Gasteiger partial charge in [-0.1, -0.05) is 18.2 Å². The van der Waals surface area contributed by atoms with Crippen LogP contribution in [0.15, 0.2) is 42.0 Å². The van der Waals surface area contributed by atoms with E-state index in [2.05, 4.69) is 0 Å². The molecule has 0 aliphatic carbocycles. The molecule has 0 spiro atoms. The molecule has 2 rings (SSSR count). The van der Waals surface area contributed by atoms with Crippen LogP contribution in [-0.2, 0) is 25.6 Å². The number of nitrogens with zero attached hydrogens (tertiary/aromatic N) is 4. The standard InChI is InChI=1S/C24H26N4O4/c1-18-14-20(19(2)27(18)12-13-31-3)15-21(16-26)24(30)32-17-23(29)28(11-7-10-25)22-8-5-4-6-9-22/h4-6,8-9,14-15H,7,11-13,17H2,1-3H3/b21-15+. The number of ether oxygens (including phenoxy) is 2. The average molecular weight is 434 g/mol. The van der Waals surface area contributed by atoms with Crippen LogP contribution < -0.4 is 4.90 Å². The first kappa shape index (κ1) is 24.4. The van der Waals surface area contributed by atoms with Gasteiger partial charge in [0.15, 0.2) is 6.61 Å². The summed E-state index contributed by atoms with van der Waals surface area (Å²) >= 11 is 0. The number of rotatable bonds is 10. The van der Waals surface area contributed by atoms with Crippen LogP contribution in [0, 0.1) is 36.5 Å². The lowest BCUT2D eigenvalue weighted by molar-refractivity contribution is -0.143. The zero-order valence-corrected chi connectivity index (χ0v) is 18.5. The lowest BCUT2D eigenvalue weighted by atomic mass is 10.1. The molecule has 8 nitrogen and oxygen atoms in total. The molecule has 0 aliphatic rings. The molecule has 0 atom stereocenters. The number of carbonyl (C=O) groups is 2. The number of aromatic nitrogens is 1. The maximum atomic E-state index is 12.6. The summed E-state index contributed by atoms with van der Waals surface area (Å²) in [4.78, 5) is 26.5. The molecule has 166 valence electrons. The molecule has 0 unspecified atom stereocenters. The summed E-state index contributed by atoms with van der Waals surface area (Å²) in [5.74, 6) is -1.36. The maximum absolute atomic E-state index is 12.6. The third-order valence-corrected chi connectivity index (χ3v) is 4.91. The van der Waals surface area contributed by atoms with E-state index in [0.717, 1.165) is 17.0 Å². The van der Waals surface area contributed by atoms with Crippen LogP contribution in [0.3, 0.4) is 0 Å². The van der Waals surface area contributed by atoms with Gasteiger partial charge in [0.25, 0.3) is 5.91 Å². The van der Waals surface area contributed by atoms with Gasteiger partial charge in [0, 0.05) is 37.3 Å². The summed E-state index contributed by atoms with van der Waals surface area (Å²) < 4.78 is 12.3. The minimum atomic E-state index is -0.879. The number of amides is 1. The van der Waals surface area contributed by atoms with Crippen molar-refractivity contribution in [3.05, 3.63) is 58.9 Å². The summed E-state index contributed by atoms with van der Waals surface area (Å²) in [6.07, 6.45) is 1.60. The third-order valence-electron chi connectivity index (χ3n) is 4.91. The van der Waals surface area contributed by atoms with Crippen molar-refractivity contribution in [3.63, 3.8) is 0 Å². The zero-order chi connectivity index (χ0) is 23.5. The highest BCUT2D eigenvalue weighted by molar-refractivity contribution is 6.00. The van der Waals surface area contributed by atoms with E-state index in [9.17, 15) is 14.9 Å². The summed E-state index contributed by atoms with van der Waals surface area (Å²) in [5, 5.41) is 18.3. The van der Waals surface area contributed by atoms with Crippen LogP contribution in [0.5, 0.6) is 0 Å². The highest BCUT2D eigenvalue weighted by Gasteiger charge is 2.20. The SMILES string of the molecule is COCCn1c(C)cc(/C=C(\C#N)C(=O)OCC(=O)N(CCC#N)c2ccccc2)c1C. The van der Waals surface area contributed by atoms with Crippen molar-refractivity contribution in [2.45, 2.75) is 26.8 Å². The largest absolute Gasteiger partial charge is 0.451 e. The van der Waals surface area contributed by atoms with Crippen LogP contribution in [-0.4, -0.2) is 43.3 Å². The van der Waals surface area contributed by atoms with Gasteiger partial charge in [-0.05, 0) is 43.7 Å². The second-order valence-corrected chi connectivity index (χ2v) is 7.01. The Labute approximate surface area is 187 Å². The number of methoxy groups -OCH3 is 1. The highest BCUT2D eigenvalue weighted by Crippen LogP contribution is 2.19. The van der Waals surface area contributed by atoms with Gasteiger partial charge in [0.2, 0.25) is 0 Å². The fourth-order valence-electron chi connectivity index (χ4n) is 3.24. The molecule has 32 heavy (non-hydrogen) atoms. The number of para-hydroxylation sites is 1. The fraction of sp³-hybridized carbons (Fsp3) is 0.333. The molecule has 8 heteroatoms. The van der Waals surface area contributed by atoms with E-state index in [-0.39, 0.29) is 18.5 Å². The Bertz CT molecular complexity index is 1060. The molecule has 0 bridgehead atoms. The number of carbonyl (C=O) groups excluding carboxylic acids is 2. The van der Waals surface area contributed by atoms with E-state index >= 15 is 0 Å². The molecule has 0 saturated carbocycles. The Hall–Kier alpha value is -3.88. The molecule has 1 amide bonds. The van der Waals surface area contributed by atoms with Crippen molar-refractivity contribution in [3.8, 4) is 12.1 Å². The minimum Gasteiger partial charge on any atom is -0.451 e. The summed E-state index contributed by atoms with van der Waals surface area (Å²) in [5.41, 5.74) is 2.99. The minimum absolute atomic E-state index is 0.136. The molecule has 0 aliphatic heterocycles. The van der Waals surface area contributed by atoms with Gasteiger partial charge in [-0.15, -0.1) is 0 Å². The van der Waals surface area contributed by atoms with Crippen molar-refractivity contribution in [2.75, 3.05) is 31.8 Å². The lowest BCUT2D eigenvalue weighted by Crippen LogP contribution is -2.35. The van der Waals surface area contributed by atoms with Gasteiger partial charge >= 0.3 is 5.97 Å². The molecule has 2 aromatic rings. The van der Waals surface area contributed by atoms with Gasteiger partial charge in [-0.25, -0.2) is 4.79 Å². The van der Waals surface area contributed by atoms with E-state index in [0.29, 0.717) is 18.8 Å². The normalized spacial score (nSPS) is 10.8. The maximum Gasteiger partial charge on any atom is 0.349 e. The van der Waals surface area contributed by atoms with Gasteiger partial charge < -0.3 is 18.9 Å². The predicted octanol–water partition coefficient (Wildman–Crippen LogP) is 3.15. The van der Waals surface area contributed by atoms with Gasteiger partial charge in [-0.3, -0.25) is 4.79 Å². The van der Waals surface area contributed by atoms with Crippen LogP contribution in [0.2, 0.25) is 0 Å². The van der Waals surface area contributed by atoms with E-state index in [1.807, 2.05) is 42.7 Å². The second kappa shape index (κ2) is 12.1. The van der Waals surface area contributed by atoms with Crippen molar-refractivity contribution in [2.24, 2.45) is 0 Å². The number of esters is 1. The quantitative estimate of drug-likeness (QED) is 0.323. The Morgan fingerprint density at radius 1 is 1.19 bits per heavy atom. The topological polar surface area (TPSA) is 108 Å². The molecule has 0 fully saturated rings. The number of aryl methyl sites for hydroxylation is 1. The van der Waals surface area contributed by atoms with E-state index < -0.39 is 18.5 Å². The van der Waals surface area contributed by atoms with Gasteiger partial charge in [0.1, 0.15) is 11.6 Å². The van der Waals surface area contributed by atoms with Crippen molar-refractivity contribution >= 4 is 23.6 Å². The van der Waals surface area contributed by atoms with Gasteiger partial charge in [0.05, 0.1) is 19.1 Å². The zero-order valence-electron chi connectivity index (χ0n) is 18.5. The molecule has 1 heterocycles. The van der Waals surface area contributed by atoms with E-state index in [1.165, 1.54) is 11.0 Å². The predicted molar refractivity (Wildman–Crippen MR) is 119 cm³/mol. The van der Waals surface area contributed by atoms with Crippen LogP contribution in [0.25, 0.3) is 6.08 Å². The molecular formula is C24H26N4O4. The Kier molecular flexibility index (Phi) is 9.22. The monoisotopic (exact) mass is 434 g/mol. The molecule has 0 saturated heterocycles. The molecule has 0 N–H and O–H groups in total. The van der Waals surface area contributed by atoms with Crippen LogP contribution >= 0.6 is 0 Å². The van der Waals surface area contributed by atoms with Crippen LogP contribution in [0.4, 0.5) is 5.69 Å². The highest BCUT2D eigenvalue weighted by atomic mass is 16.5. The molecule has 1 aromatic carbocycles. The van der Waals surface area contributed by atoms with E-state index in [1.54, 1.807) is 31.4 Å². The number of hydrogen-bond acceptors (Lipinski definition) is 6. The summed E-state index contributed by atoms with van der Waals surface area (Å²) in [7, 11) is 1.62. The summed E-state index contributed by atoms with van der Waals surface area (Å²) in [6, 6.07) is 14.6. The lowest BCUT2D eigenvalue weighted by Gasteiger charge is -2.21. The Balaban J connectivity index is 2.12. The van der Waals surface area contributed by atoms with E-state index in [4.69, 9.17) is 14.7 Å². The summed E-state index contributed by atoms with van der Waals surface area (Å²) in [6.45, 7) is 4.66. The second-order valence-electron chi connectivity index (χ2n) is 7.01. The van der Waals surface area contributed by atoms with Gasteiger partial charge in [-0.2, -0.15) is 10.5 Å². The number of benzene rings is 1. The Morgan fingerprint density at radius 3 is 2.53 bits per heavy atom. The Morgan fingerprint density at radius 2 is 1.91 bits per heavy atom. The molecular weight excluding hydrogens is 408 g/mol. The van der Waals surface area contributed by atoms with Crippen molar-refractivity contribution in [1.29, 1.82) is 10.5 Å². The fourth-order valence-corrected chi connectivity index (χ4v) is 3.24. The average Bonchev–Trinajstić information content (AvgIpc) is 3.07. The number of nitriles is 2. The van der Waals surface area contributed by atoms with Crippen molar-refractivity contribution in [1.82, 2.24) is 4.57 Å². The third kappa shape index (κ3) is 6.31. The van der Waals surface area contributed by atoms with Crippen molar-refractivity contribution < 1.29 is 19.1 Å². The molecule has 0 radical (unpaired) electrons.